The van der Waals surface area contributed by atoms with Crippen molar-refractivity contribution < 1.29 is 19.2 Å². The fourth-order valence-corrected chi connectivity index (χ4v) is 4.04. The van der Waals surface area contributed by atoms with E-state index in [2.05, 4.69) is 5.32 Å². The number of hydrogen-bond donors (Lipinski definition) is 2. The number of nitro groups is 1. The summed E-state index contributed by atoms with van der Waals surface area (Å²) in [5.41, 5.74) is 6.71. The van der Waals surface area contributed by atoms with E-state index in [-0.39, 0.29) is 12.3 Å². The lowest BCUT2D eigenvalue weighted by Crippen LogP contribution is -2.22. The maximum Gasteiger partial charge on any atom is 0.269 e. The Kier molecular flexibility index (Phi) is 4.66. The highest BCUT2D eigenvalue weighted by Crippen LogP contribution is 2.38. The maximum absolute atomic E-state index is 12.1. The molecule has 2 aromatic rings. The summed E-state index contributed by atoms with van der Waals surface area (Å²) in [6.45, 7) is -0.279. The highest BCUT2D eigenvalue weighted by Gasteiger charge is 2.26. The number of non-ortho nitro benzene ring substituents is 1. The fraction of sp³-hybridized carbons (Fsp3) is 0.250. The first-order valence-electron chi connectivity index (χ1n) is 7.57. The van der Waals surface area contributed by atoms with E-state index in [0.717, 1.165) is 29.7 Å². The van der Waals surface area contributed by atoms with E-state index in [9.17, 15) is 19.7 Å². The average Bonchev–Trinajstić information content (AvgIpc) is 3.13. The van der Waals surface area contributed by atoms with Gasteiger partial charge in [0.1, 0.15) is 10.8 Å². The van der Waals surface area contributed by atoms with Crippen molar-refractivity contribution in [3.05, 3.63) is 50.4 Å². The van der Waals surface area contributed by atoms with Crippen LogP contribution in [-0.2, 0) is 17.6 Å². The topological polar surface area (TPSA) is 125 Å². The molecule has 0 saturated carbocycles. The minimum absolute atomic E-state index is 0.0593. The van der Waals surface area contributed by atoms with Crippen LogP contribution >= 0.6 is 11.3 Å². The third-order valence-corrected chi connectivity index (χ3v) is 5.05. The number of nitro benzene ring substituents is 1. The monoisotopic (exact) mass is 361 g/mol. The molecule has 8 nitrogen and oxygen atoms in total. The summed E-state index contributed by atoms with van der Waals surface area (Å²) < 4.78 is 5.31. The zero-order chi connectivity index (χ0) is 18.0. The second-order valence-electron chi connectivity index (χ2n) is 5.51. The van der Waals surface area contributed by atoms with Crippen LogP contribution in [0.15, 0.2) is 24.3 Å². The number of nitrogens with one attached hydrogen (secondary N) is 1. The predicted molar refractivity (Wildman–Crippen MR) is 92.1 cm³/mol. The number of carbonyl (C=O) groups is 2. The van der Waals surface area contributed by atoms with Gasteiger partial charge in [0.25, 0.3) is 17.5 Å². The number of amides is 2. The molecule has 0 unspecified atom stereocenters. The summed E-state index contributed by atoms with van der Waals surface area (Å²) in [6.07, 6.45) is 2.66. The van der Waals surface area contributed by atoms with Crippen molar-refractivity contribution >= 4 is 33.8 Å². The second-order valence-corrected chi connectivity index (χ2v) is 6.62. The molecule has 2 amide bonds. The van der Waals surface area contributed by atoms with Crippen LogP contribution in [0, 0.1) is 10.1 Å². The standard InChI is InChI=1S/C16H15N3O5S/c17-15(21)14-11-2-1-3-12(11)25-16(14)18-13(20)8-24-10-6-4-9(5-7-10)19(22)23/h4-7H,1-3,8H2,(H2,17,21)(H,18,20). The van der Waals surface area contributed by atoms with Gasteiger partial charge in [0.2, 0.25) is 0 Å². The molecule has 25 heavy (non-hydrogen) atoms. The van der Waals surface area contributed by atoms with Gasteiger partial charge < -0.3 is 15.8 Å². The molecule has 1 aromatic heterocycles. The molecule has 3 N–H and O–H groups in total. The number of fused-ring (bicyclic) bond motifs is 1. The minimum atomic E-state index is -0.550. The molecule has 9 heteroatoms. The molecule has 1 aromatic carbocycles. The first kappa shape index (κ1) is 16.9. The number of rotatable bonds is 6. The van der Waals surface area contributed by atoms with Crippen LogP contribution in [0.2, 0.25) is 0 Å². The van der Waals surface area contributed by atoms with E-state index in [1.807, 2.05) is 0 Å². The quantitative estimate of drug-likeness (QED) is 0.603. The van der Waals surface area contributed by atoms with Crippen molar-refractivity contribution in [3.8, 4) is 5.75 Å². The number of carbonyl (C=O) groups excluding carboxylic acids is 2. The maximum atomic E-state index is 12.1. The van der Waals surface area contributed by atoms with E-state index < -0.39 is 16.7 Å². The number of hydrogen-bond acceptors (Lipinski definition) is 6. The number of aryl methyl sites for hydroxylation is 1. The zero-order valence-corrected chi connectivity index (χ0v) is 13.9. The van der Waals surface area contributed by atoms with E-state index in [1.54, 1.807) is 0 Å². The van der Waals surface area contributed by atoms with Gasteiger partial charge in [0.05, 0.1) is 10.5 Å². The van der Waals surface area contributed by atoms with Crippen molar-refractivity contribution in [2.75, 3.05) is 11.9 Å². The van der Waals surface area contributed by atoms with Crippen molar-refractivity contribution in [2.24, 2.45) is 5.73 Å². The summed E-state index contributed by atoms with van der Waals surface area (Å²) in [4.78, 5) is 34.9. The number of thiophene rings is 1. The van der Waals surface area contributed by atoms with Crippen molar-refractivity contribution in [1.82, 2.24) is 0 Å². The molecule has 0 saturated heterocycles. The number of ether oxygens (including phenoxy) is 1. The molecule has 1 aliphatic carbocycles. The number of anilines is 1. The van der Waals surface area contributed by atoms with Gasteiger partial charge in [0.15, 0.2) is 6.61 Å². The SMILES string of the molecule is NC(=O)c1c(NC(=O)COc2ccc([N+](=O)[O-])cc2)sc2c1CCC2. The van der Waals surface area contributed by atoms with Crippen LogP contribution in [0.25, 0.3) is 0 Å². The van der Waals surface area contributed by atoms with Gasteiger partial charge in [-0.15, -0.1) is 11.3 Å². The minimum Gasteiger partial charge on any atom is -0.484 e. The lowest BCUT2D eigenvalue weighted by molar-refractivity contribution is -0.384. The van der Waals surface area contributed by atoms with E-state index in [0.29, 0.717) is 16.3 Å². The molecular weight excluding hydrogens is 346 g/mol. The Bertz CT molecular complexity index is 844. The predicted octanol–water partition coefficient (Wildman–Crippen LogP) is 2.26. The second kappa shape index (κ2) is 6.89. The third-order valence-electron chi connectivity index (χ3n) is 3.84. The van der Waals surface area contributed by atoms with Crippen LogP contribution in [0.3, 0.4) is 0 Å². The Hall–Kier alpha value is -2.94. The highest BCUT2D eigenvalue weighted by atomic mass is 32.1. The van der Waals surface area contributed by atoms with Gasteiger partial charge in [-0.05, 0) is 37.0 Å². The third kappa shape index (κ3) is 3.61. The molecule has 3 rings (SSSR count). The van der Waals surface area contributed by atoms with Gasteiger partial charge in [-0.1, -0.05) is 0 Å². The van der Waals surface area contributed by atoms with Crippen LogP contribution in [-0.4, -0.2) is 23.3 Å². The molecule has 0 atom stereocenters. The summed E-state index contributed by atoms with van der Waals surface area (Å²) >= 11 is 1.37. The van der Waals surface area contributed by atoms with Gasteiger partial charge in [0, 0.05) is 17.0 Å². The fourth-order valence-electron chi connectivity index (χ4n) is 2.73. The van der Waals surface area contributed by atoms with Crippen molar-refractivity contribution in [3.63, 3.8) is 0 Å². The van der Waals surface area contributed by atoms with Gasteiger partial charge in [-0.3, -0.25) is 19.7 Å². The van der Waals surface area contributed by atoms with Crippen LogP contribution in [0.4, 0.5) is 10.7 Å². The largest absolute Gasteiger partial charge is 0.484 e. The smallest absolute Gasteiger partial charge is 0.269 e. The number of nitrogens with two attached hydrogens (primary N) is 1. The number of nitrogens with zero attached hydrogens (tertiary/aromatic N) is 1. The van der Waals surface area contributed by atoms with Crippen LogP contribution in [0.1, 0.15) is 27.2 Å². The zero-order valence-electron chi connectivity index (χ0n) is 13.1. The first-order chi connectivity index (χ1) is 12.0. The molecule has 0 radical (unpaired) electrons. The number of primary amides is 1. The Labute approximate surface area is 146 Å². The summed E-state index contributed by atoms with van der Waals surface area (Å²) in [5, 5.41) is 13.7. The summed E-state index contributed by atoms with van der Waals surface area (Å²) in [5.74, 6) is -0.642. The van der Waals surface area contributed by atoms with Gasteiger partial charge in [-0.2, -0.15) is 0 Å². The molecule has 1 aliphatic rings. The molecule has 0 fully saturated rings. The summed E-state index contributed by atoms with van der Waals surface area (Å²) in [7, 11) is 0. The Balaban J connectivity index is 1.63. The molecule has 130 valence electrons. The van der Waals surface area contributed by atoms with Gasteiger partial charge >= 0.3 is 0 Å². The first-order valence-corrected chi connectivity index (χ1v) is 8.39. The van der Waals surface area contributed by atoms with Gasteiger partial charge in [-0.25, -0.2) is 0 Å². The van der Waals surface area contributed by atoms with Crippen molar-refractivity contribution in [1.29, 1.82) is 0 Å². The molecule has 1 heterocycles. The average molecular weight is 361 g/mol. The molecular formula is C16H15N3O5S. The van der Waals surface area contributed by atoms with Crippen LogP contribution < -0.4 is 15.8 Å². The lowest BCUT2D eigenvalue weighted by Gasteiger charge is -2.08. The Morgan fingerprint density at radius 1 is 1.28 bits per heavy atom. The normalized spacial score (nSPS) is 12.5. The Morgan fingerprint density at radius 3 is 2.64 bits per heavy atom. The molecule has 0 bridgehead atoms. The highest BCUT2D eigenvalue weighted by molar-refractivity contribution is 7.17. The van der Waals surface area contributed by atoms with Crippen molar-refractivity contribution in [2.45, 2.75) is 19.3 Å². The van der Waals surface area contributed by atoms with E-state index in [4.69, 9.17) is 10.5 Å². The van der Waals surface area contributed by atoms with E-state index in [1.165, 1.54) is 35.6 Å². The molecule has 0 aliphatic heterocycles. The summed E-state index contributed by atoms with van der Waals surface area (Å²) in [6, 6.07) is 5.42. The number of benzene rings is 1. The lowest BCUT2D eigenvalue weighted by atomic mass is 10.1. The van der Waals surface area contributed by atoms with E-state index >= 15 is 0 Å². The van der Waals surface area contributed by atoms with Crippen LogP contribution in [0.5, 0.6) is 5.75 Å². The Morgan fingerprint density at radius 2 is 2.00 bits per heavy atom. The molecule has 0 spiro atoms.